The van der Waals surface area contributed by atoms with Crippen molar-refractivity contribution < 1.29 is 9.72 Å². The first-order valence-electron chi connectivity index (χ1n) is 7.49. The van der Waals surface area contributed by atoms with Gasteiger partial charge in [-0.15, -0.1) is 12.4 Å². The zero-order chi connectivity index (χ0) is 16.2. The van der Waals surface area contributed by atoms with Crippen LogP contribution in [0.15, 0.2) is 18.2 Å². The predicted molar refractivity (Wildman–Crippen MR) is 91.6 cm³/mol. The molecule has 1 aliphatic rings. The second kappa shape index (κ2) is 8.04. The van der Waals surface area contributed by atoms with Crippen LogP contribution in [0.3, 0.4) is 0 Å². The van der Waals surface area contributed by atoms with Crippen LogP contribution in [-0.2, 0) is 0 Å². The van der Waals surface area contributed by atoms with Crippen molar-refractivity contribution in [1.29, 1.82) is 0 Å². The number of hydrogen-bond acceptors (Lipinski definition) is 6. The highest BCUT2D eigenvalue weighted by molar-refractivity contribution is 6.05. The molecular formula is C14H19ClN6O3. The minimum atomic E-state index is -0.488. The molecule has 0 bridgehead atoms. The lowest BCUT2D eigenvalue weighted by molar-refractivity contribution is -0.384. The number of halogens is 1. The molecule has 130 valence electrons. The molecule has 1 aromatic carbocycles. The van der Waals surface area contributed by atoms with Crippen LogP contribution in [0.4, 0.5) is 5.69 Å². The Labute approximate surface area is 144 Å². The third kappa shape index (κ3) is 3.99. The van der Waals surface area contributed by atoms with E-state index in [4.69, 9.17) is 0 Å². The lowest BCUT2D eigenvalue weighted by atomic mass is 10.2. The molecule has 9 nitrogen and oxygen atoms in total. The molecule has 3 N–H and O–H groups in total. The number of non-ortho nitro benzene ring substituents is 1. The highest BCUT2D eigenvalue weighted by Crippen LogP contribution is 2.21. The number of nitro benzene ring substituents is 1. The minimum Gasteiger partial charge on any atom is -0.349 e. The molecule has 0 radical (unpaired) electrons. The summed E-state index contributed by atoms with van der Waals surface area (Å²) in [5.41, 5.74) is 0.723. The van der Waals surface area contributed by atoms with Crippen LogP contribution in [0, 0.1) is 10.1 Å². The van der Waals surface area contributed by atoms with E-state index in [0.717, 1.165) is 32.7 Å². The van der Waals surface area contributed by atoms with Crippen molar-refractivity contribution in [2.45, 2.75) is 0 Å². The van der Waals surface area contributed by atoms with Crippen LogP contribution in [-0.4, -0.2) is 65.2 Å². The number of rotatable bonds is 5. The number of piperazine rings is 1. The Kier molecular flexibility index (Phi) is 6.07. The second-order valence-corrected chi connectivity index (χ2v) is 5.41. The van der Waals surface area contributed by atoms with Gasteiger partial charge >= 0.3 is 0 Å². The zero-order valence-corrected chi connectivity index (χ0v) is 13.8. The summed E-state index contributed by atoms with van der Waals surface area (Å²) in [4.78, 5) is 24.9. The third-order valence-electron chi connectivity index (χ3n) is 3.90. The van der Waals surface area contributed by atoms with Gasteiger partial charge < -0.3 is 10.6 Å². The molecule has 1 saturated heterocycles. The number of hydrogen-bond donors (Lipinski definition) is 3. The summed E-state index contributed by atoms with van der Waals surface area (Å²) in [6, 6.07) is 4.30. The van der Waals surface area contributed by atoms with E-state index in [2.05, 4.69) is 25.7 Å². The van der Waals surface area contributed by atoms with Gasteiger partial charge in [0, 0.05) is 56.8 Å². The maximum atomic E-state index is 12.2. The van der Waals surface area contributed by atoms with Crippen molar-refractivity contribution in [3.05, 3.63) is 34.0 Å². The van der Waals surface area contributed by atoms with Gasteiger partial charge in [0.25, 0.3) is 11.6 Å². The monoisotopic (exact) mass is 354 g/mol. The lowest BCUT2D eigenvalue weighted by Gasteiger charge is -2.26. The number of nitro groups is 1. The van der Waals surface area contributed by atoms with Gasteiger partial charge in [0.2, 0.25) is 0 Å². The topological polar surface area (TPSA) is 116 Å². The Hall–Kier alpha value is -2.23. The summed E-state index contributed by atoms with van der Waals surface area (Å²) in [6.07, 6.45) is 0. The molecule has 1 aromatic heterocycles. The van der Waals surface area contributed by atoms with E-state index in [0.29, 0.717) is 17.4 Å². The number of aromatic nitrogens is 2. The number of carbonyl (C=O) groups is 1. The number of benzene rings is 1. The Morgan fingerprint density at radius 1 is 1.38 bits per heavy atom. The molecule has 1 aliphatic heterocycles. The lowest BCUT2D eigenvalue weighted by Crippen LogP contribution is -2.46. The summed E-state index contributed by atoms with van der Waals surface area (Å²) < 4.78 is 0. The van der Waals surface area contributed by atoms with Gasteiger partial charge in [-0.2, -0.15) is 5.10 Å². The molecule has 1 fully saturated rings. The molecule has 0 spiro atoms. The summed E-state index contributed by atoms with van der Waals surface area (Å²) in [7, 11) is 0. The van der Waals surface area contributed by atoms with E-state index >= 15 is 0 Å². The quantitative estimate of drug-likeness (QED) is 0.532. The van der Waals surface area contributed by atoms with E-state index in [9.17, 15) is 14.9 Å². The Morgan fingerprint density at radius 2 is 2.12 bits per heavy atom. The summed E-state index contributed by atoms with van der Waals surface area (Å²) in [5.74, 6) is -0.327. The highest BCUT2D eigenvalue weighted by Gasteiger charge is 2.17. The van der Waals surface area contributed by atoms with Crippen LogP contribution in [0.25, 0.3) is 10.9 Å². The molecule has 24 heavy (non-hydrogen) atoms. The van der Waals surface area contributed by atoms with Gasteiger partial charge in [-0.3, -0.25) is 24.9 Å². The average molecular weight is 355 g/mol. The fourth-order valence-electron chi connectivity index (χ4n) is 2.63. The van der Waals surface area contributed by atoms with Crippen molar-refractivity contribution in [3.63, 3.8) is 0 Å². The summed E-state index contributed by atoms with van der Waals surface area (Å²) >= 11 is 0. The first kappa shape index (κ1) is 18.1. The van der Waals surface area contributed by atoms with E-state index < -0.39 is 4.92 Å². The van der Waals surface area contributed by atoms with Crippen molar-refractivity contribution in [2.75, 3.05) is 39.3 Å². The van der Waals surface area contributed by atoms with E-state index in [1.54, 1.807) is 6.07 Å². The number of nitrogens with zero attached hydrogens (tertiary/aromatic N) is 3. The average Bonchev–Trinajstić information content (AvgIpc) is 2.98. The standard InChI is InChI=1S/C14H18N6O3.ClH/c21-14(16-5-8-19-6-3-15-4-7-19)13-11-9-10(20(22)23)1-2-12(11)17-18-13;/h1-2,9,15H,3-8H2,(H,16,21)(H,17,18);1H. The Balaban J connectivity index is 0.00000208. The third-order valence-corrected chi connectivity index (χ3v) is 3.90. The maximum absolute atomic E-state index is 12.2. The van der Waals surface area contributed by atoms with E-state index in [1.807, 2.05) is 0 Å². The van der Waals surface area contributed by atoms with Crippen molar-refractivity contribution >= 4 is 34.9 Å². The Bertz CT molecular complexity index is 728. The zero-order valence-electron chi connectivity index (χ0n) is 12.9. The molecule has 2 heterocycles. The fraction of sp³-hybridized carbons (Fsp3) is 0.429. The van der Waals surface area contributed by atoms with Gasteiger partial charge in [0.15, 0.2) is 5.69 Å². The van der Waals surface area contributed by atoms with Gasteiger partial charge in [0.1, 0.15) is 0 Å². The van der Waals surface area contributed by atoms with Crippen molar-refractivity contribution in [2.24, 2.45) is 0 Å². The number of H-pyrrole nitrogens is 1. The van der Waals surface area contributed by atoms with Crippen LogP contribution < -0.4 is 10.6 Å². The number of fused-ring (bicyclic) bond motifs is 1. The van der Waals surface area contributed by atoms with Gasteiger partial charge in [-0.05, 0) is 6.07 Å². The SMILES string of the molecule is Cl.O=C(NCCN1CCNCC1)c1n[nH]c2ccc([N+](=O)[O-])cc12. The Morgan fingerprint density at radius 3 is 2.83 bits per heavy atom. The van der Waals surface area contributed by atoms with E-state index in [1.165, 1.54) is 12.1 Å². The predicted octanol–water partition coefficient (Wildman–Crippen LogP) is 0.528. The van der Waals surface area contributed by atoms with Gasteiger partial charge in [0.05, 0.1) is 10.4 Å². The largest absolute Gasteiger partial charge is 0.349 e. The summed E-state index contributed by atoms with van der Waals surface area (Å²) in [5, 5.41) is 24.1. The smallest absolute Gasteiger partial charge is 0.272 e. The maximum Gasteiger partial charge on any atom is 0.272 e. The van der Waals surface area contributed by atoms with Crippen molar-refractivity contribution in [1.82, 2.24) is 25.7 Å². The second-order valence-electron chi connectivity index (χ2n) is 5.41. The van der Waals surface area contributed by atoms with Gasteiger partial charge in [-0.1, -0.05) is 0 Å². The number of carbonyl (C=O) groups excluding carboxylic acids is 1. The van der Waals surface area contributed by atoms with E-state index in [-0.39, 0.29) is 29.7 Å². The van der Waals surface area contributed by atoms with Crippen molar-refractivity contribution in [3.8, 4) is 0 Å². The highest BCUT2D eigenvalue weighted by atomic mass is 35.5. The molecule has 0 aliphatic carbocycles. The number of nitrogens with one attached hydrogen (secondary N) is 3. The first-order valence-corrected chi connectivity index (χ1v) is 7.49. The number of aromatic amines is 1. The minimum absolute atomic E-state index is 0. The number of amides is 1. The molecule has 2 aromatic rings. The van der Waals surface area contributed by atoms with Gasteiger partial charge in [-0.25, -0.2) is 0 Å². The molecule has 1 amide bonds. The fourth-order valence-corrected chi connectivity index (χ4v) is 2.63. The van der Waals surface area contributed by atoms with Crippen LogP contribution in [0.5, 0.6) is 0 Å². The first-order chi connectivity index (χ1) is 11.1. The summed E-state index contributed by atoms with van der Waals surface area (Å²) in [6.45, 7) is 5.14. The van der Waals surface area contributed by atoms with Crippen LogP contribution in [0.1, 0.15) is 10.5 Å². The molecular weight excluding hydrogens is 336 g/mol. The molecule has 0 unspecified atom stereocenters. The molecule has 0 atom stereocenters. The normalized spacial score (nSPS) is 15.0. The molecule has 3 rings (SSSR count). The van der Waals surface area contributed by atoms with Crippen LogP contribution in [0.2, 0.25) is 0 Å². The molecule has 10 heteroatoms. The molecule has 0 saturated carbocycles. The van der Waals surface area contributed by atoms with Crippen LogP contribution >= 0.6 is 12.4 Å².